The third kappa shape index (κ3) is 2.30. The molecule has 17 heavy (non-hydrogen) atoms. The Labute approximate surface area is 96.9 Å². The third-order valence-electron chi connectivity index (χ3n) is 2.42. The van der Waals surface area contributed by atoms with Gasteiger partial charge >= 0.3 is 11.9 Å². The Morgan fingerprint density at radius 1 is 1.53 bits per heavy atom. The average molecular weight is 237 g/mol. The summed E-state index contributed by atoms with van der Waals surface area (Å²) in [5.74, 6) is -1.16. The molecule has 1 aliphatic heterocycles. The molecule has 1 saturated heterocycles. The Hall–Kier alpha value is -2.24. The number of ether oxygens (including phenoxy) is 2. The van der Waals surface area contributed by atoms with Gasteiger partial charge in [-0.05, 0) is 12.1 Å². The highest BCUT2D eigenvalue weighted by atomic mass is 16.6. The van der Waals surface area contributed by atoms with Gasteiger partial charge in [0.2, 0.25) is 0 Å². The number of carbonyl (C=O) groups excluding carboxylic acids is 1. The highest BCUT2D eigenvalue weighted by Gasteiger charge is 2.28. The Bertz CT molecular complexity index is 471. The van der Waals surface area contributed by atoms with Crippen LogP contribution in [0.3, 0.4) is 0 Å². The normalized spacial score (nSPS) is 18.8. The first kappa shape index (κ1) is 11.3. The lowest BCUT2D eigenvalue weighted by atomic mass is 10.2. The Morgan fingerprint density at radius 3 is 2.82 bits per heavy atom. The van der Waals surface area contributed by atoms with Gasteiger partial charge in [-0.3, -0.25) is 0 Å². The first-order valence-corrected chi connectivity index (χ1v) is 5.04. The molecule has 1 aromatic carbocycles. The highest BCUT2D eigenvalue weighted by Crippen LogP contribution is 2.23. The lowest BCUT2D eigenvalue weighted by molar-refractivity contribution is -0.143. The van der Waals surface area contributed by atoms with Gasteiger partial charge in [-0.1, -0.05) is 0 Å². The molecular weight excluding hydrogens is 226 g/mol. The minimum Gasteiger partial charge on any atom is -0.479 e. The zero-order valence-corrected chi connectivity index (χ0v) is 8.88. The predicted molar refractivity (Wildman–Crippen MR) is 57.8 cm³/mol. The minimum absolute atomic E-state index is 0.00588. The van der Waals surface area contributed by atoms with Crippen molar-refractivity contribution in [2.24, 2.45) is 0 Å². The van der Waals surface area contributed by atoms with Gasteiger partial charge in [-0.2, -0.15) is 0 Å². The number of esters is 1. The van der Waals surface area contributed by atoms with Crippen molar-refractivity contribution < 1.29 is 24.2 Å². The van der Waals surface area contributed by atoms with Crippen LogP contribution >= 0.6 is 0 Å². The molecule has 1 heterocycles. The van der Waals surface area contributed by atoms with Crippen molar-refractivity contribution in [2.75, 3.05) is 12.3 Å². The van der Waals surface area contributed by atoms with Gasteiger partial charge in [0.1, 0.15) is 5.75 Å². The SMILES string of the molecule is Nc1cc(OC2CCOC2=O)ccc1C(=O)O. The van der Waals surface area contributed by atoms with Crippen LogP contribution in [0, 0.1) is 0 Å². The summed E-state index contributed by atoms with van der Waals surface area (Å²) in [6.07, 6.45) is -0.149. The highest BCUT2D eigenvalue weighted by molar-refractivity contribution is 5.93. The molecule has 2 rings (SSSR count). The first-order chi connectivity index (χ1) is 8.08. The number of nitrogens with two attached hydrogens (primary N) is 1. The molecule has 0 aliphatic carbocycles. The van der Waals surface area contributed by atoms with Crippen LogP contribution in [0.15, 0.2) is 18.2 Å². The van der Waals surface area contributed by atoms with E-state index < -0.39 is 18.0 Å². The van der Waals surface area contributed by atoms with Crippen LogP contribution < -0.4 is 10.5 Å². The Balaban J connectivity index is 2.15. The third-order valence-corrected chi connectivity index (χ3v) is 2.42. The molecule has 1 aliphatic rings. The second kappa shape index (κ2) is 4.32. The topological polar surface area (TPSA) is 98.9 Å². The van der Waals surface area contributed by atoms with E-state index in [9.17, 15) is 9.59 Å². The number of aromatic carboxylic acids is 1. The first-order valence-electron chi connectivity index (χ1n) is 5.04. The fourth-order valence-corrected chi connectivity index (χ4v) is 1.56. The zero-order valence-electron chi connectivity index (χ0n) is 8.88. The largest absolute Gasteiger partial charge is 0.479 e. The molecule has 0 spiro atoms. The van der Waals surface area contributed by atoms with Crippen molar-refractivity contribution in [3.05, 3.63) is 23.8 Å². The molecule has 0 aromatic heterocycles. The number of benzene rings is 1. The van der Waals surface area contributed by atoms with E-state index >= 15 is 0 Å². The fraction of sp³-hybridized carbons (Fsp3) is 0.273. The van der Waals surface area contributed by atoms with Crippen LogP contribution in [0.5, 0.6) is 5.75 Å². The van der Waals surface area contributed by atoms with Gasteiger partial charge in [0, 0.05) is 18.2 Å². The number of carbonyl (C=O) groups is 2. The molecule has 1 unspecified atom stereocenters. The van der Waals surface area contributed by atoms with E-state index in [1.165, 1.54) is 18.2 Å². The second-order valence-electron chi connectivity index (χ2n) is 3.62. The molecule has 0 radical (unpaired) electrons. The summed E-state index contributed by atoms with van der Waals surface area (Å²) in [5.41, 5.74) is 5.66. The summed E-state index contributed by atoms with van der Waals surface area (Å²) in [7, 11) is 0. The van der Waals surface area contributed by atoms with Crippen molar-refractivity contribution in [1.82, 2.24) is 0 Å². The summed E-state index contributed by atoms with van der Waals surface area (Å²) in [6.45, 7) is 0.339. The van der Waals surface area contributed by atoms with Crippen LogP contribution in [0.4, 0.5) is 5.69 Å². The number of nitrogen functional groups attached to an aromatic ring is 1. The van der Waals surface area contributed by atoms with Crippen molar-refractivity contribution in [3.63, 3.8) is 0 Å². The second-order valence-corrected chi connectivity index (χ2v) is 3.62. The summed E-state index contributed by atoms with van der Waals surface area (Å²) >= 11 is 0. The summed E-state index contributed by atoms with van der Waals surface area (Å²) in [5, 5.41) is 8.79. The lowest BCUT2D eigenvalue weighted by Gasteiger charge is -2.11. The van der Waals surface area contributed by atoms with E-state index in [1.807, 2.05) is 0 Å². The molecule has 0 amide bonds. The predicted octanol–water partition coefficient (Wildman–Crippen LogP) is 0.661. The van der Waals surface area contributed by atoms with Crippen LogP contribution in [-0.4, -0.2) is 29.8 Å². The lowest BCUT2D eigenvalue weighted by Crippen LogP contribution is -2.21. The van der Waals surface area contributed by atoms with E-state index in [0.29, 0.717) is 18.8 Å². The number of hydrogen-bond donors (Lipinski definition) is 2. The van der Waals surface area contributed by atoms with Gasteiger partial charge in [0.15, 0.2) is 6.10 Å². The number of cyclic esters (lactones) is 1. The maximum absolute atomic E-state index is 11.2. The average Bonchev–Trinajstić information content (AvgIpc) is 2.64. The quantitative estimate of drug-likeness (QED) is 0.592. The van der Waals surface area contributed by atoms with Crippen LogP contribution in [0.2, 0.25) is 0 Å². The molecule has 6 nitrogen and oxygen atoms in total. The smallest absolute Gasteiger partial charge is 0.347 e. The van der Waals surface area contributed by atoms with Gasteiger partial charge in [-0.15, -0.1) is 0 Å². The van der Waals surface area contributed by atoms with E-state index in [1.54, 1.807) is 0 Å². The van der Waals surface area contributed by atoms with E-state index in [2.05, 4.69) is 0 Å². The van der Waals surface area contributed by atoms with E-state index in [4.69, 9.17) is 20.3 Å². The zero-order chi connectivity index (χ0) is 12.4. The summed E-state index contributed by atoms with van der Waals surface area (Å²) in [6, 6.07) is 4.19. The molecule has 1 aromatic rings. The van der Waals surface area contributed by atoms with Crippen LogP contribution in [-0.2, 0) is 9.53 Å². The van der Waals surface area contributed by atoms with Crippen molar-refractivity contribution >= 4 is 17.6 Å². The fourth-order valence-electron chi connectivity index (χ4n) is 1.56. The van der Waals surface area contributed by atoms with E-state index in [0.717, 1.165) is 0 Å². The Kier molecular flexibility index (Phi) is 2.86. The van der Waals surface area contributed by atoms with Crippen molar-refractivity contribution in [2.45, 2.75) is 12.5 Å². The van der Waals surface area contributed by atoms with Gasteiger partial charge in [-0.25, -0.2) is 9.59 Å². The van der Waals surface area contributed by atoms with Gasteiger partial charge in [0.25, 0.3) is 0 Å². The van der Waals surface area contributed by atoms with Gasteiger partial charge in [0.05, 0.1) is 12.2 Å². The molecule has 90 valence electrons. The maximum atomic E-state index is 11.2. The summed E-state index contributed by atoms with van der Waals surface area (Å²) < 4.78 is 10.1. The van der Waals surface area contributed by atoms with E-state index in [-0.39, 0.29) is 11.3 Å². The molecule has 3 N–H and O–H groups in total. The molecule has 0 bridgehead atoms. The number of carboxylic acids is 1. The number of rotatable bonds is 3. The molecule has 1 atom stereocenters. The maximum Gasteiger partial charge on any atom is 0.347 e. The van der Waals surface area contributed by atoms with Gasteiger partial charge < -0.3 is 20.3 Å². The molecule has 6 heteroatoms. The number of carboxylic acid groups (broad SMARTS) is 1. The monoisotopic (exact) mass is 237 g/mol. The van der Waals surface area contributed by atoms with Crippen LogP contribution in [0.25, 0.3) is 0 Å². The van der Waals surface area contributed by atoms with Crippen molar-refractivity contribution in [3.8, 4) is 5.75 Å². The van der Waals surface area contributed by atoms with Crippen molar-refractivity contribution in [1.29, 1.82) is 0 Å². The van der Waals surface area contributed by atoms with Crippen LogP contribution in [0.1, 0.15) is 16.8 Å². The molecule has 1 fully saturated rings. The Morgan fingerprint density at radius 2 is 2.29 bits per heavy atom. The molecule has 0 saturated carbocycles. The number of hydrogen-bond acceptors (Lipinski definition) is 5. The standard InChI is InChI=1S/C11H11NO5/c12-8-5-6(1-2-7(8)10(13)14)17-9-3-4-16-11(9)15/h1-2,5,9H,3-4,12H2,(H,13,14). The molecular formula is C11H11NO5. The number of anilines is 1. The summed E-state index contributed by atoms with van der Waals surface area (Å²) in [4.78, 5) is 21.9. The minimum atomic E-state index is -1.10.